The Morgan fingerprint density at radius 3 is 2.58 bits per heavy atom. The highest BCUT2D eigenvalue weighted by molar-refractivity contribution is 5.84. The molecule has 1 aromatic heterocycles. The molecular weight excluding hydrogens is 236 g/mol. The largest absolute Gasteiger partial charge is 0.382 e. The van der Waals surface area contributed by atoms with Gasteiger partial charge in [-0.1, -0.05) is 30.3 Å². The third kappa shape index (κ3) is 1.72. The summed E-state index contributed by atoms with van der Waals surface area (Å²) in [5.41, 5.74) is 7.92. The van der Waals surface area contributed by atoms with E-state index in [0.29, 0.717) is 17.1 Å². The number of anilines is 1. The highest BCUT2D eigenvalue weighted by Crippen LogP contribution is 2.23. The highest BCUT2D eigenvalue weighted by atomic mass is 15.3. The average molecular weight is 248 g/mol. The van der Waals surface area contributed by atoms with Gasteiger partial charge in [-0.2, -0.15) is 10.4 Å². The molecule has 0 fully saturated rings. The lowest BCUT2D eigenvalue weighted by Crippen LogP contribution is -2.02. The van der Waals surface area contributed by atoms with E-state index in [1.165, 1.54) is 0 Å². The number of nitrogens with two attached hydrogens (primary N) is 1. The van der Waals surface area contributed by atoms with Crippen LogP contribution in [0.4, 0.5) is 5.82 Å². The van der Waals surface area contributed by atoms with E-state index in [-0.39, 0.29) is 0 Å². The van der Waals surface area contributed by atoms with E-state index in [1.807, 2.05) is 36.4 Å². The molecule has 0 saturated carbocycles. The van der Waals surface area contributed by atoms with Gasteiger partial charge in [-0.15, -0.1) is 0 Å². The summed E-state index contributed by atoms with van der Waals surface area (Å²) in [6.07, 6.45) is 0. The van der Waals surface area contributed by atoms with Gasteiger partial charge < -0.3 is 5.73 Å². The van der Waals surface area contributed by atoms with E-state index in [0.717, 1.165) is 16.5 Å². The number of hydrogen-bond donors (Lipinski definition) is 1. The second-order valence-electron chi connectivity index (χ2n) is 4.40. The summed E-state index contributed by atoms with van der Waals surface area (Å²) in [6, 6.07) is 16.2. The highest BCUT2D eigenvalue weighted by Gasteiger charge is 2.13. The molecule has 2 N–H and O–H groups in total. The Hall–Kier alpha value is -2.80. The van der Waals surface area contributed by atoms with Crippen molar-refractivity contribution in [2.24, 2.45) is 0 Å². The molecule has 0 spiro atoms. The minimum Gasteiger partial charge on any atom is -0.382 e. The zero-order valence-electron chi connectivity index (χ0n) is 10.5. The van der Waals surface area contributed by atoms with Gasteiger partial charge in [-0.05, 0) is 29.8 Å². The molecule has 3 aromatic rings. The van der Waals surface area contributed by atoms with Crippen molar-refractivity contribution in [1.82, 2.24) is 9.78 Å². The van der Waals surface area contributed by atoms with Crippen LogP contribution in [0.2, 0.25) is 0 Å². The van der Waals surface area contributed by atoms with Crippen molar-refractivity contribution < 1.29 is 0 Å². The monoisotopic (exact) mass is 248 g/mol. The lowest BCUT2D eigenvalue weighted by atomic mass is 10.1. The lowest BCUT2D eigenvalue weighted by molar-refractivity contribution is 0.873. The van der Waals surface area contributed by atoms with E-state index in [9.17, 15) is 0 Å². The first kappa shape index (κ1) is 11.3. The van der Waals surface area contributed by atoms with Gasteiger partial charge in [-0.25, -0.2) is 4.68 Å². The number of hydrogen-bond acceptors (Lipinski definition) is 3. The van der Waals surface area contributed by atoms with Crippen LogP contribution >= 0.6 is 0 Å². The minimum atomic E-state index is 0.385. The average Bonchev–Trinajstić information content (AvgIpc) is 2.73. The standard InChI is InChI=1S/C15H12N4/c1-10-14(9-16)15(17)19(18-10)13-7-6-11-4-2-3-5-12(11)8-13/h2-8H,17H2,1H3. The molecule has 4 heteroatoms. The maximum Gasteiger partial charge on any atom is 0.145 e. The zero-order valence-corrected chi connectivity index (χ0v) is 10.5. The number of nitrogens with zero attached hydrogens (tertiary/aromatic N) is 3. The van der Waals surface area contributed by atoms with Crippen LogP contribution in [0.1, 0.15) is 11.3 Å². The number of nitrogen functional groups attached to an aromatic ring is 1. The first-order valence-corrected chi connectivity index (χ1v) is 5.95. The second kappa shape index (κ2) is 4.14. The van der Waals surface area contributed by atoms with Gasteiger partial charge in [0.05, 0.1) is 11.4 Å². The lowest BCUT2D eigenvalue weighted by Gasteiger charge is -2.05. The Labute approximate surface area is 110 Å². The minimum absolute atomic E-state index is 0.385. The van der Waals surface area contributed by atoms with Gasteiger partial charge in [0, 0.05) is 0 Å². The van der Waals surface area contributed by atoms with E-state index in [1.54, 1.807) is 11.6 Å². The number of rotatable bonds is 1. The summed E-state index contributed by atoms with van der Waals surface area (Å²) in [5, 5.41) is 15.7. The van der Waals surface area contributed by atoms with Crippen molar-refractivity contribution in [3.63, 3.8) is 0 Å². The molecule has 0 bridgehead atoms. The predicted octanol–water partition coefficient (Wildman–Crippen LogP) is 2.79. The molecule has 0 amide bonds. The first-order chi connectivity index (χ1) is 9.20. The Morgan fingerprint density at radius 2 is 1.89 bits per heavy atom. The quantitative estimate of drug-likeness (QED) is 0.720. The third-order valence-electron chi connectivity index (χ3n) is 3.19. The second-order valence-corrected chi connectivity index (χ2v) is 4.40. The number of nitriles is 1. The fraction of sp³-hybridized carbons (Fsp3) is 0.0667. The molecule has 0 radical (unpaired) electrons. The summed E-state index contributed by atoms with van der Waals surface area (Å²) in [7, 11) is 0. The Kier molecular flexibility index (Phi) is 2.46. The van der Waals surface area contributed by atoms with Gasteiger partial charge in [-0.3, -0.25) is 0 Å². The maximum atomic E-state index is 9.05. The van der Waals surface area contributed by atoms with Crippen LogP contribution in [0.15, 0.2) is 42.5 Å². The van der Waals surface area contributed by atoms with Crippen molar-refractivity contribution in [2.45, 2.75) is 6.92 Å². The molecule has 92 valence electrons. The van der Waals surface area contributed by atoms with Gasteiger partial charge in [0.15, 0.2) is 0 Å². The molecule has 0 aliphatic carbocycles. The van der Waals surface area contributed by atoms with Gasteiger partial charge in [0.25, 0.3) is 0 Å². The molecule has 4 nitrogen and oxygen atoms in total. The van der Waals surface area contributed by atoms with Crippen molar-refractivity contribution in [2.75, 3.05) is 5.73 Å². The molecule has 0 atom stereocenters. The molecule has 0 saturated heterocycles. The molecule has 3 rings (SSSR count). The summed E-state index contributed by atoms with van der Waals surface area (Å²) in [5.74, 6) is 0.385. The normalized spacial score (nSPS) is 10.5. The van der Waals surface area contributed by atoms with E-state index < -0.39 is 0 Å². The van der Waals surface area contributed by atoms with E-state index in [4.69, 9.17) is 11.0 Å². The number of fused-ring (bicyclic) bond motifs is 1. The summed E-state index contributed by atoms with van der Waals surface area (Å²) in [4.78, 5) is 0. The third-order valence-corrected chi connectivity index (χ3v) is 3.19. The van der Waals surface area contributed by atoms with E-state index >= 15 is 0 Å². The Morgan fingerprint density at radius 1 is 1.16 bits per heavy atom. The fourth-order valence-electron chi connectivity index (χ4n) is 2.19. The topological polar surface area (TPSA) is 67.6 Å². The number of aryl methyl sites for hydroxylation is 1. The van der Waals surface area contributed by atoms with Crippen LogP contribution in [0, 0.1) is 18.3 Å². The summed E-state index contributed by atoms with van der Waals surface area (Å²) in [6.45, 7) is 1.78. The molecule has 0 aliphatic heterocycles. The molecular formula is C15H12N4. The molecule has 0 aliphatic rings. The molecule has 19 heavy (non-hydrogen) atoms. The summed E-state index contributed by atoms with van der Waals surface area (Å²) >= 11 is 0. The van der Waals surface area contributed by atoms with Gasteiger partial charge >= 0.3 is 0 Å². The van der Waals surface area contributed by atoms with Crippen LogP contribution in [-0.4, -0.2) is 9.78 Å². The van der Waals surface area contributed by atoms with Crippen molar-refractivity contribution in [3.05, 3.63) is 53.7 Å². The van der Waals surface area contributed by atoms with Gasteiger partial charge in [0.2, 0.25) is 0 Å². The van der Waals surface area contributed by atoms with Crippen LogP contribution in [0.5, 0.6) is 0 Å². The van der Waals surface area contributed by atoms with Crippen LogP contribution in [0.3, 0.4) is 0 Å². The summed E-state index contributed by atoms with van der Waals surface area (Å²) < 4.78 is 1.61. The smallest absolute Gasteiger partial charge is 0.145 e. The van der Waals surface area contributed by atoms with Crippen molar-refractivity contribution in [3.8, 4) is 11.8 Å². The first-order valence-electron chi connectivity index (χ1n) is 5.95. The zero-order chi connectivity index (χ0) is 13.4. The van der Waals surface area contributed by atoms with Crippen molar-refractivity contribution in [1.29, 1.82) is 5.26 Å². The molecule has 0 unspecified atom stereocenters. The van der Waals surface area contributed by atoms with Crippen LogP contribution < -0.4 is 5.73 Å². The molecule has 2 aromatic carbocycles. The molecule has 1 heterocycles. The Bertz CT molecular complexity index is 809. The SMILES string of the molecule is Cc1nn(-c2ccc3ccccc3c2)c(N)c1C#N. The fourth-order valence-corrected chi connectivity index (χ4v) is 2.19. The Balaban J connectivity index is 2.22. The van der Waals surface area contributed by atoms with Crippen LogP contribution in [0.25, 0.3) is 16.5 Å². The van der Waals surface area contributed by atoms with Crippen molar-refractivity contribution >= 4 is 16.6 Å². The number of aromatic nitrogens is 2. The predicted molar refractivity (Wildman–Crippen MR) is 74.9 cm³/mol. The maximum absolute atomic E-state index is 9.05. The van der Waals surface area contributed by atoms with Crippen LogP contribution in [-0.2, 0) is 0 Å². The van der Waals surface area contributed by atoms with Gasteiger partial charge in [0.1, 0.15) is 17.5 Å². The van der Waals surface area contributed by atoms with E-state index in [2.05, 4.69) is 17.2 Å². The number of benzene rings is 2.